The lowest BCUT2D eigenvalue weighted by molar-refractivity contribution is -0.162. The molecule has 1 atom stereocenters. The van der Waals surface area contributed by atoms with Crippen molar-refractivity contribution in [3.05, 3.63) is 0 Å². The van der Waals surface area contributed by atoms with Gasteiger partial charge in [-0.1, -0.05) is 13.8 Å². The molecule has 1 unspecified atom stereocenters. The fraction of sp³-hybridized carbons (Fsp3) is 0.875. The maximum atomic E-state index is 12.7. The van der Waals surface area contributed by atoms with E-state index in [0.29, 0.717) is 18.4 Å². The molecule has 1 aliphatic heterocycles. The fourth-order valence-electron chi connectivity index (χ4n) is 3.18. The quantitative estimate of drug-likeness (QED) is 0.840. The predicted octanol–water partition coefficient (Wildman–Crippen LogP) is 2.33. The summed E-state index contributed by atoms with van der Waals surface area (Å²) in [6, 6.07) is 0. The summed E-state index contributed by atoms with van der Waals surface area (Å²) in [6.45, 7) is 10.6. The predicted molar refractivity (Wildman–Crippen MR) is 79.1 cm³/mol. The van der Waals surface area contributed by atoms with Gasteiger partial charge in [0.05, 0.1) is 0 Å². The van der Waals surface area contributed by atoms with Gasteiger partial charge in [0.15, 0.2) is 0 Å². The van der Waals surface area contributed by atoms with Gasteiger partial charge >= 0.3 is 0 Å². The van der Waals surface area contributed by atoms with Gasteiger partial charge < -0.3 is 10.2 Å². The van der Waals surface area contributed by atoms with E-state index in [0.717, 1.165) is 25.7 Å². The zero-order chi connectivity index (χ0) is 15.1. The van der Waals surface area contributed by atoms with Crippen LogP contribution in [0.3, 0.4) is 0 Å². The van der Waals surface area contributed by atoms with Crippen molar-refractivity contribution in [2.24, 2.45) is 11.8 Å². The van der Waals surface area contributed by atoms with E-state index in [1.807, 2.05) is 11.8 Å². The van der Waals surface area contributed by atoms with Gasteiger partial charge in [0.2, 0.25) is 11.8 Å². The minimum atomic E-state index is -0.774. The van der Waals surface area contributed by atoms with Crippen molar-refractivity contribution in [1.82, 2.24) is 10.2 Å². The van der Waals surface area contributed by atoms with Crippen molar-refractivity contribution in [2.45, 2.75) is 71.4 Å². The number of amides is 2. The monoisotopic (exact) mass is 280 g/mol. The normalized spacial score (nSPS) is 29.8. The average molecular weight is 280 g/mol. The summed E-state index contributed by atoms with van der Waals surface area (Å²) >= 11 is 0. The average Bonchev–Trinajstić information content (AvgIpc) is 3.14. The molecule has 0 radical (unpaired) electrons. The molecule has 1 heterocycles. The highest BCUT2D eigenvalue weighted by Crippen LogP contribution is 2.45. The number of rotatable bonds is 5. The van der Waals surface area contributed by atoms with Gasteiger partial charge in [-0.15, -0.1) is 0 Å². The Hall–Kier alpha value is -1.06. The van der Waals surface area contributed by atoms with E-state index in [4.69, 9.17) is 0 Å². The van der Waals surface area contributed by atoms with Gasteiger partial charge in [0.25, 0.3) is 0 Å². The summed E-state index contributed by atoms with van der Waals surface area (Å²) in [5, 5.41) is 2.92. The Morgan fingerprint density at radius 1 is 1.25 bits per heavy atom. The Balaban J connectivity index is 2.20. The van der Waals surface area contributed by atoms with Crippen molar-refractivity contribution in [3.63, 3.8) is 0 Å². The number of nitrogens with one attached hydrogen (secondary N) is 1. The molecule has 2 aliphatic rings. The van der Waals surface area contributed by atoms with Crippen LogP contribution in [0.25, 0.3) is 0 Å². The molecule has 0 aromatic carbocycles. The van der Waals surface area contributed by atoms with Crippen LogP contribution in [0, 0.1) is 11.8 Å². The van der Waals surface area contributed by atoms with Crippen LogP contribution in [-0.2, 0) is 9.59 Å². The third-order valence-electron chi connectivity index (χ3n) is 4.76. The van der Waals surface area contributed by atoms with Crippen LogP contribution in [0.2, 0.25) is 0 Å². The second kappa shape index (κ2) is 5.05. The lowest BCUT2D eigenvalue weighted by Crippen LogP contribution is -2.74. The molecule has 1 aliphatic carbocycles. The molecule has 2 amide bonds. The van der Waals surface area contributed by atoms with Crippen molar-refractivity contribution in [3.8, 4) is 0 Å². The van der Waals surface area contributed by atoms with E-state index in [-0.39, 0.29) is 11.8 Å². The minimum absolute atomic E-state index is 0.0224. The SMILES string of the molecule is CC(C)CCCN1C(=O)C(C)(C)NC(=O)C1(C)C1CC1. The largest absolute Gasteiger partial charge is 0.340 e. The summed E-state index contributed by atoms with van der Waals surface area (Å²) in [7, 11) is 0. The van der Waals surface area contributed by atoms with Crippen LogP contribution in [0.1, 0.15) is 60.3 Å². The van der Waals surface area contributed by atoms with Crippen molar-refractivity contribution in [1.29, 1.82) is 0 Å². The molecule has 20 heavy (non-hydrogen) atoms. The maximum absolute atomic E-state index is 12.7. The zero-order valence-electron chi connectivity index (χ0n) is 13.5. The van der Waals surface area contributed by atoms with E-state index in [9.17, 15) is 9.59 Å². The van der Waals surface area contributed by atoms with Gasteiger partial charge in [-0.2, -0.15) is 0 Å². The summed E-state index contributed by atoms with van der Waals surface area (Å²) in [5.41, 5.74) is -1.41. The first-order valence-electron chi connectivity index (χ1n) is 7.84. The topological polar surface area (TPSA) is 49.4 Å². The van der Waals surface area contributed by atoms with Gasteiger partial charge in [-0.3, -0.25) is 9.59 Å². The molecule has 0 aromatic heterocycles. The number of carbonyl (C=O) groups excluding carboxylic acids is 2. The van der Waals surface area contributed by atoms with Crippen LogP contribution < -0.4 is 5.32 Å². The lowest BCUT2D eigenvalue weighted by atomic mass is 9.84. The fourth-order valence-corrected chi connectivity index (χ4v) is 3.18. The molecule has 4 heteroatoms. The second-order valence-corrected chi connectivity index (χ2v) is 7.49. The Kier molecular flexibility index (Phi) is 3.87. The van der Waals surface area contributed by atoms with Crippen LogP contribution in [0.5, 0.6) is 0 Å². The van der Waals surface area contributed by atoms with Crippen LogP contribution >= 0.6 is 0 Å². The van der Waals surface area contributed by atoms with Crippen molar-refractivity contribution in [2.75, 3.05) is 6.54 Å². The molecule has 2 fully saturated rings. The number of nitrogens with zero attached hydrogens (tertiary/aromatic N) is 1. The molecule has 0 bridgehead atoms. The highest BCUT2D eigenvalue weighted by atomic mass is 16.2. The zero-order valence-corrected chi connectivity index (χ0v) is 13.5. The van der Waals surface area contributed by atoms with Gasteiger partial charge in [-0.25, -0.2) is 0 Å². The number of carbonyl (C=O) groups is 2. The second-order valence-electron chi connectivity index (χ2n) is 7.49. The first-order chi connectivity index (χ1) is 9.19. The maximum Gasteiger partial charge on any atom is 0.248 e. The molecule has 1 N–H and O–H groups in total. The highest BCUT2D eigenvalue weighted by molar-refractivity contribution is 6.02. The summed E-state index contributed by atoms with van der Waals surface area (Å²) in [5.74, 6) is 1.05. The van der Waals surface area contributed by atoms with Crippen LogP contribution in [-0.4, -0.2) is 34.3 Å². The summed E-state index contributed by atoms with van der Waals surface area (Å²) < 4.78 is 0. The smallest absolute Gasteiger partial charge is 0.248 e. The van der Waals surface area contributed by atoms with Crippen LogP contribution in [0.15, 0.2) is 0 Å². The molecular formula is C16H28N2O2. The third kappa shape index (κ3) is 2.57. The Labute approximate surface area is 122 Å². The van der Waals surface area contributed by atoms with E-state index in [1.165, 1.54) is 0 Å². The third-order valence-corrected chi connectivity index (χ3v) is 4.76. The van der Waals surface area contributed by atoms with Gasteiger partial charge in [-0.05, 0) is 58.3 Å². The Bertz CT molecular complexity index is 413. The Morgan fingerprint density at radius 3 is 2.35 bits per heavy atom. The summed E-state index contributed by atoms with van der Waals surface area (Å²) in [6.07, 6.45) is 4.16. The number of hydrogen-bond donors (Lipinski definition) is 1. The van der Waals surface area contributed by atoms with Crippen molar-refractivity contribution < 1.29 is 9.59 Å². The minimum Gasteiger partial charge on any atom is -0.340 e. The Morgan fingerprint density at radius 2 is 1.85 bits per heavy atom. The van der Waals surface area contributed by atoms with E-state index >= 15 is 0 Å². The van der Waals surface area contributed by atoms with Crippen molar-refractivity contribution >= 4 is 11.8 Å². The standard InChI is InChI=1S/C16H28N2O2/c1-11(2)7-6-10-18-14(20)15(3,4)17-13(19)16(18,5)12-8-9-12/h11-12H,6-10H2,1-5H3,(H,17,19). The summed E-state index contributed by atoms with van der Waals surface area (Å²) in [4.78, 5) is 27.2. The van der Waals surface area contributed by atoms with Gasteiger partial charge in [0.1, 0.15) is 11.1 Å². The van der Waals surface area contributed by atoms with E-state index in [1.54, 1.807) is 13.8 Å². The number of piperazine rings is 1. The first-order valence-corrected chi connectivity index (χ1v) is 7.84. The molecule has 0 spiro atoms. The molecule has 2 rings (SSSR count). The number of hydrogen-bond acceptors (Lipinski definition) is 2. The lowest BCUT2D eigenvalue weighted by Gasteiger charge is -2.49. The van der Waals surface area contributed by atoms with Crippen LogP contribution in [0.4, 0.5) is 0 Å². The van der Waals surface area contributed by atoms with Gasteiger partial charge in [0, 0.05) is 6.54 Å². The molecule has 0 aromatic rings. The van der Waals surface area contributed by atoms with E-state index in [2.05, 4.69) is 19.2 Å². The molecular weight excluding hydrogens is 252 g/mol. The molecule has 4 nitrogen and oxygen atoms in total. The first kappa shape index (κ1) is 15.3. The molecule has 1 saturated heterocycles. The molecule has 1 saturated carbocycles. The van der Waals surface area contributed by atoms with E-state index < -0.39 is 11.1 Å². The molecule has 114 valence electrons. The highest BCUT2D eigenvalue weighted by Gasteiger charge is 2.58.